The smallest absolute Gasteiger partial charge is 0.129 e. The summed E-state index contributed by atoms with van der Waals surface area (Å²) in [6.07, 6.45) is 0.711. The minimum atomic E-state index is -0.0456. The lowest BCUT2D eigenvalue weighted by Crippen LogP contribution is -2.12. The highest BCUT2D eigenvalue weighted by atomic mass is 19.1. The second kappa shape index (κ2) is 2.87. The van der Waals surface area contributed by atoms with Crippen molar-refractivity contribution in [1.82, 2.24) is 0 Å². The molecule has 0 radical (unpaired) electrons. The fourth-order valence-corrected chi connectivity index (χ4v) is 1.54. The molecule has 0 aliphatic carbocycles. The molecule has 0 spiro atoms. The van der Waals surface area contributed by atoms with Crippen LogP contribution in [0.15, 0.2) is 12.1 Å². The standard InChI is InChI=1S/C10H11FO/c1-7-2-3-8-6-12-5-4-9(8)10(7)11/h2-3H,4-6H2,1H3. The van der Waals surface area contributed by atoms with Gasteiger partial charge in [0, 0.05) is 0 Å². The highest BCUT2D eigenvalue weighted by Gasteiger charge is 2.14. The molecule has 1 aliphatic heterocycles. The molecule has 1 nitrogen and oxygen atoms in total. The third kappa shape index (κ3) is 1.12. The van der Waals surface area contributed by atoms with Crippen LogP contribution in [0.5, 0.6) is 0 Å². The molecule has 2 rings (SSSR count). The van der Waals surface area contributed by atoms with E-state index in [4.69, 9.17) is 4.74 Å². The number of hydrogen-bond acceptors (Lipinski definition) is 1. The summed E-state index contributed by atoms with van der Waals surface area (Å²) in [7, 11) is 0. The fraction of sp³-hybridized carbons (Fsp3) is 0.400. The highest BCUT2D eigenvalue weighted by Crippen LogP contribution is 2.21. The Balaban J connectivity index is 2.54. The molecule has 1 heterocycles. The summed E-state index contributed by atoms with van der Waals surface area (Å²) in [5.74, 6) is -0.0456. The molecule has 1 aliphatic rings. The number of benzene rings is 1. The zero-order valence-corrected chi connectivity index (χ0v) is 7.06. The van der Waals surface area contributed by atoms with Gasteiger partial charge in [0.15, 0.2) is 0 Å². The van der Waals surface area contributed by atoms with E-state index in [1.165, 1.54) is 0 Å². The lowest BCUT2D eigenvalue weighted by Gasteiger charge is -2.17. The van der Waals surface area contributed by atoms with Gasteiger partial charge >= 0.3 is 0 Å². The summed E-state index contributed by atoms with van der Waals surface area (Å²) in [5.41, 5.74) is 2.58. The maximum absolute atomic E-state index is 13.4. The average molecular weight is 166 g/mol. The van der Waals surface area contributed by atoms with Crippen molar-refractivity contribution in [2.75, 3.05) is 6.61 Å². The lowest BCUT2D eigenvalue weighted by molar-refractivity contribution is 0.109. The van der Waals surface area contributed by atoms with Crippen LogP contribution in [0.3, 0.4) is 0 Å². The van der Waals surface area contributed by atoms with Gasteiger partial charge in [0.1, 0.15) is 5.82 Å². The zero-order valence-electron chi connectivity index (χ0n) is 7.06. The van der Waals surface area contributed by atoms with Crippen molar-refractivity contribution in [2.24, 2.45) is 0 Å². The van der Waals surface area contributed by atoms with Crippen LogP contribution in [-0.4, -0.2) is 6.61 Å². The van der Waals surface area contributed by atoms with Crippen molar-refractivity contribution < 1.29 is 9.13 Å². The van der Waals surface area contributed by atoms with Crippen molar-refractivity contribution in [3.8, 4) is 0 Å². The Hall–Kier alpha value is -0.890. The van der Waals surface area contributed by atoms with E-state index in [1.54, 1.807) is 6.92 Å². The third-order valence-electron chi connectivity index (χ3n) is 2.29. The van der Waals surface area contributed by atoms with E-state index in [2.05, 4.69) is 0 Å². The van der Waals surface area contributed by atoms with Crippen molar-refractivity contribution in [3.63, 3.8) is 0 Å². The predicted molar refractivity (Wildman–Crippen MR) is 44.5 cm³/mol. The molecule has 0 unspecified atom stereocenters. The average Bonchev–Trinajstić information content (AvgIpc) is 2.12. The number of halogens is 1. The number of ether oxygens (including phenoxy) is 1. The molecule has 0 fully saturated rings. The van der Waals surface area contributed by atoms with Gasteiger partial charge in [-0.15, -0.1) is 0 Å². The Kier molecular flexibility index (Phi) is 1.85. The molecule has 12 heavy (non-hydrogen) atoms. The quantitative estimate of drug-likeness (QED) is 0.574. The molecule has 1 aromatic rings. The molecular formula is C10H11FO. The minimum Gasteiger partial charge on any atom is -0.376 e. The van der Waals surface area contributed by atoms with Crippen molar-refractivity contribution in [1.29, 1.82) is 0 Å². The normalized spacial score (nSPS) is 15.8. The molecule has 64 valence electrons. The van der Waals surface area contributed by atoms with Gasteiger partial charge in [0.25, 0.3) is 0 Å². The van der Waals surface area contributed by atoms with Gasteiger partial charge in [0.2, 0.25) is 0 Å². The first-order valence-corrected chi connectivity index (χ1v) is 4.13. The van der Waals surface area contributed by atoms with E-state index in [0.717, 1.165) is 16.7 Å². The monoisotopic (exact) mass is 166 g/mol. The maximum Gasteiger partial charge on any atom is 0.129 e. The third-order valence-corrected chi connectivity index (χ3v) is 2.29. The fourth-order valence-electron chi connectivity index (χ4n) is 1.54. The van der Waals surface area contributed by atoms with Crippen LogP contribution >= 0.6 is 0 Å². The summed E-state index contributed by atoms with van der Waals surface area (Å²) in [6, 6.07) is 3.76. The van der Waals surface area contributed by atoms with Gasteiger partial charge in [-0.1, -0.05) is 12.1 Å². The molecule has 0 aromatic heterocycles. The highest BCUT2D eigenvalue weighted by molar-refractivity contribution is 5.34. The first kappa shape index (κ1) is 7.74. The van der Waals surface area contributed by atoms with E-state index in [0.29, 0.717) is 19.6 Å². The van der Waals surface area contributed by atoms with Gasteiger partial charge < -0.3 is 4.74 Å². The first-order chi connectivity index (χ1) is 5.79. The summed E-state index contributed by atoms with van der Waals surface area (Å²) in [4.78, 5) is 0. The molecule has 2 heteroatoms. The summed E-state index contributed by atoms with van der Waals surface area (Å²) >= 11 is 0. The first-order valence-electron chi connectivity index (χ1n) is 4.13. The topological polar surface area (TPSA) is 9.23 Å². The van der Waals surface area contributed by atoms with Crippen LogP contribution in [-0.2, 0) is 17.8 Å². The Morgan fingerprint density at radius 3 is 3.08 bits per heavy atom. The molecule has 0 saturated carbocycles. The van der Waals surface area contributed by atoms with Crippen LogP contribution < -0.4 is 0 Å². The van der Waals surface area contributed by atoms with Gasteiger partial charge in [-0.2, -0.15) is 0 Å². The maximum atomic E-state index is 13.4. The summed E-state index contributed by atoms with van der Waals surface area (Å²) < 4.78 is 18.7. The number of fused-ring (bicyclic) bond motifs is 1. The Morgan fingerprint density at radius 2 is 2.25 bits per heavy atom. The molecule has 1 aromatic carbocycles. The second-order valence-electron chi connectivity index (χ2n) is 3.14. The molecular weight excluding hydrogens is 155 g/mol. The van der Waals surface area contributed by atoms with Gasteiger partial charge in [-0.25, -0.2) is 4.39 Å². The van der Waals surface area contributed by atoms with Crippen LogP contribution in [0.25, 0.3) is 0 Å². The Labute approximate surface area is 71.2 Å². The lowest BCUT2D eigenvalue weighted by atomic mass is 10.00. The second-order valence-corrected chi connectivity index (χ2v) is 3.14. The van der Waals surface area contributed by atoms with Gasteiger partial charge in [0.05, 0.1) is 13.2 Å². The van der Waals surface area contributed by atoms with Crippen molar-refractivity contribution in [3.05, 3.63) is 34.6 Å². The predicted octanol–water partition coefficient (Wildman–Crippen LogP) is 2.21. The zero-order chi connectivity index (χ0) is 8.55. The van der Waals surface area contributed by atoms with Crippen LogP contribution in [0.2, 0.25) is 0 Å². The molecule has 0 N–H and O–H groups in total. The number of hydrogen-bond donors (Lipinski definition) is 0. The molecule has 0 amide bonds. The Morgan fingerprint density at radius 1 is 1.42 bits per heavy atom. The van der Waals surface area contributed by atoms with E-state index >= 15 is 0 Å². The SMILES string of the molecule is Cc1ccc2c(c1F)CCOC2. The van der Waals surface area contributed by atoms with Crippen molar-refractivity contribution >= 4 is 0 Å². The van der Waals surface area contributed by atoms with Crippen LogP contribution in [0.4, 0.5) is 4.39 Å². The largest absolute Gasteiger partial charge is 0.376 e. The van der Waals surface area contributed by atoms with Crippen molar-refractivity contribution in [2.45, 2.75) is 20.0 Å². The number of rotatable bonds is 0. The van der Waals surface area contributed by atoms with E-state index in [-0.39, 0.29) is 5.82 Å². The molecule has 0 bridgehead atoms. The van der Waals surface area contributed by atoms with E-state index < -0.39 is 0 Å². The number of aryl methyl sites for hydroxylation is 1. The minimum absolute atomic E-state index is 0.0456. The van der Waals surface area contributed by atoms with Gasteiger partial charge in [-0.3, -0.25) is 0 Å². The van der Waals surface area contributed by atoms with Gasteiger partial charge in [-0.05, 0) is 30.0 Å². The molecule has 0 saturated heterocycles. The summed E-state index contributed by atoms with van der Waals surface area (Å²) in [5, 5.41) is 0. The Bertz CT molecular complexity index is 307. The van der Waals surface area contributed by atoms with E-state index in [9.17, 15) is 4.39 Å². The summed E-state index contributed by atoms with van der Waals surface area (Å²) in [6.45, 7) is 3.00. The molecule has 0 atom stereocenters. The van der Waals surface area contributed by atoms with E-state index in [1.807, 2.05) is 12.1 Å². The van der Waals surface area contributed by atoms with Crippen LogP contribution in [0, 0.1) is 12.7 Å². The van der Waals surface area contributed by atoms with Crippen LogP contribution in [0.1, 0.15) is 16.7 Å².